The number of benzene rings is 1. The molecule has 2 amide bonds. The van der Waals surface area contributed by atoms with Gasteiger partial charge in [0.2, 0.25) is 11.9 Å². The van der Waals surface area contributed by atoms with Gasteiger partial charge in [0.05, 0.1) is 11.7 Å². The van der Waals surface area contributed by atoms with Crippen molar-refractivity contribution in [1.82, 2.24) is 25.2 Å². The van der Waals surface area contributed by atoms with Crippen molar-refractivity contribution in [3.8, 4) is 11.1 Å². The van der Waals surface area contributed by atoms with E-state index >= 15 is 0 Å². The van der Waals surface area contributed by atoms with Crippen molar-refractivity contribution in [2.45, 2.75) is 37.4 Å². The number of hydrogen-bond acceptors (Lipinski definition) is 6. The van der Waals surface area contributed by atoms with Crippen molar-refractivity contribution in [3.63, 3.8) is 0 Å². The molecular weight excluding hydrogens is 466 g/mol. The molecule has 1 saturated carbocycles. The fourth-order valence-electron chi connectivity index (χ4n) is 4.74. The van der Waals surface area contributed by atoms with E-state index in [1.807, 2.05) is 6.07 Å². The van der Waals surface area contributed by atoms with E-state index in [4.69, 9.17) is 0 Å². The highest BCUT2D eigenvalue weighted by atomic mass is 19.1. The summed E-state index contributed by atoms with van der Waals surface area (Å²) in [5.41, 5.74) is 1.52. The number of carbonyl (C=O) groups is 2. The number of aromatic nitrogens is 3. The Morgan fingerprint density at radius 3 is 2.50 bits per heavy atom. The summed E-state index contributed by atoms with van der Waals surface area (Å²) in [5, 5.41) is 6.04. The van der Waals surface area contributed by atoms with Crippen LogP contribution in [0.1, 0.15) is 35.8 Å². The molecule has 1 aliphatic carbocycles. The molecule has 36 heavy (non-hydrogen) atoms. The SMILES string of the molecule is CC(=O)N1CC(NC(=O)c2cccc(-c3cnc(NCC4(c5ncccc5F)CC(F)C4)nc3)c2)C1. The van der Waals surface area contributed by atoms with Gasteiger partial charge in [-0.25, -0.2) is 18.7 Å². The highest BCUT2D eigenvalue weighted by molar-refractivity contribution is 5.95. The lowest BCUT2D eigenvalue weighted by Gasteiger charge is -2.43. The minimum absolute atomic E-state index is 0.00112. The summed E-state index contributed by atoms with van der Waals surface area (Å²) >= 11 is 0. The Morgan fingerprint density at radius 1 is 1.08 bits per heavy atom. The Morgan fingerprint density at radius 2 is 1.83 bits per heavy atom. The molecule has 3 aromatic rings. The summed E-state index contributed by atoms with van der Waals surface area (Å²) < 4.78 is 28.1. The topological polar surface area (TPSA) is 100 Å². The van der Waals surface area contributed by atoms with Gasteiger partial charge in [0.15, 0.2) is 0 Å². The van der Waals surface area contributed by atoms with Crippen LogP contribution in [0, 0.1) is 5.82 Å². The van der Waals surface area contributed by atoms with E-state index in [1.165, 1.54) is 25.3 Å². The van der Waals surface area contributed by atoms with Crippen LogP contribution in [0.2, 0.25) is 0 Å². The van der Waals surface area contributed by atoms with Crippen LogP contribution in [-0.2, 0) is 10.2 Å². The van der Waals surface area contributed by atoms with Crippen LogP contribution >= 0.6 is 0 Å². The predicted octanol–water partition coefficient (Wildman–Crippen LogP) is 3.12. The minimum atomic E-state index is -0.988. The van der Waals surface area contributed by atoms with Crippen molar-refractivity contribution < 1.29 is 18.4 Å². The van der Waals surface area contributed by atoms with Crippen LogP contribution in [0.25, 0.3) is 11.1 Å². The van der Waals surface area contributed by atoms with Gasteiger partial charge in [0, 0.05) is 61.7 Å². The van der Waals surface area contributed by atoms with Gasteiger partial charge in [0.25, 0.3) is 5.91 Å². The summed E-state index contributed by atoms with van der Waals surface area (Å²) in [6.45, 7) is 2.81. The second kappa shape index (κ2) is 9.60. The lowest BCUT2D eigenvalue weighted by molar-refractivity contribution is -0.133. The molecule has 2 aliphatic rings. The molecule has 2 fully saturated rings. The van der Waals surface area contributed by atoms with Crippen LogP contribution in [0.15, 0.2) is 55.0 Å². The summed E-state index contributed by atoms with van der Waals surface area (Å²) in [4.78, 5) is 38.5. The van der Waals surface area contributed by atoms with E-state index in [2.05, 4.69) is 25.6 Å². The molecule has 0 spiro atoms. The van der Waals surface area contributed by atoms with E-state index in [0.717, 1.165) is 11.1 Å². The van der Waals surface area contributed by atoms with Gasteiger partial charge in [0.1, 0.15) is 12.0 Å². The Labute approximate surface area is 207 Å². The first-order valence-corrected chi connectivity index (χ1v) is 11.8. The van der Waals surface area contributed by atoms with Crippen LogP contribution in [-0.4, -0.2) is 63.5 Å². The highest BCUT2D eigenvalue weighted by Gasteiger charge is 2.48. The molecule has 3 heterocycles. The number of halogens is 2. The third kappa shape index (κ3) is 4.75. The molecular formula is C26H26F2N6O2. The quantitative estimate of drug-likeness (QED) is 0.526. The average molecular weight is 493 g/mol. The smallest absolute Gasteiger partial charge is 0.251 e. The number of pyridine rings is 1. The van der Waals surface area contributed by atoms with E-state index in [0.29, 0.717) is 24.6 Å². The van der Waals surface area contributed by atoms with Crippen molar-refractivity contribution in [2.75, 3.05) is 25.0 Å². The largest absolute Gasteiger partial charge is 0.353 e. The molecule has 0 bridgehead atoms. The van der Waals surface area contributed by atoms with Gasteiger partial charge in [-0.05, 0) is 42.7 Å². The van der Waals surface area contributed by atoms with Gasteiger partial charge in [-0.3, -0.25) is 14.6 Å². The Hall–Kier alpha value is -3.95. The Kier molecular flexibility index (Phi) is 6.34. The lowest BCUT2D eigenvalue weighted by atomic mass is 9.65. The number of nitrogens with zero attached hydrogens (tertiary/aromatic N) is 4. The van der Waals surface area contributed by atoms with E-state index in [1.54, 1.807) is 35.5 Å². The number of anilines is 1. The highest BCUT2D eigenvalue weighted by Crippen LogP contribution is 2.45. The first-order chi connectivity index (χ1) is 17.3. The van der Waals surface area contributed by atoms with E-state index < -0.39 is 17.4 Å². The molecule has 0 atom stereocenters. The number of alkyl halides is 1. The number of likely N-dealkylation sites (tertiary alicyclic amines) is 1. The average Bonchev–Trinajstić information content (AvgIpc) is 2.83. The molecule has 10 heteroatoms. The van der Waals surface area contributed by atoms with E-state index in [-0.39, 0.29) is 42.9 Å². The molecule has 0 unspecified atom stereocenters. The third-order valence-electron chi connectivity index (χ3n) is 6.84. The summed E-state index contributed by atoms with van der Waals surface area (Å²) in [6, 6.07) is 9.93. The van der Waals surface area contributed by atoms with Gasteiger partial charge < -0.3 is 15.5 Å². The zero-order chi connectivity index (χ0) is 25.3. The molecule has 2 N–H and O–H groups in total. The summed E-state index contributed by atoms with van der Waals surface area (Å²) in [7, 11) is 0. The van der Waals surface area contributed by atoms with Crippen LogP contribution in [0.3, 0.4) is 0 Å². The lowest BCUT2D eigenvalue weighted by Crippen LogP contribution is -2.60. The number of carbonyl (C=O) groups excluding carboxylic acids is 2. The summed E-state index contributed by atoms with van der Waals surface area (Å²) in [5.74, 6) is -0.313. The molecule has 186 valence electrons. The van der Waals surface area contributed by atoms with Gasteiger partial charge in [-0.1, -0.05) is 12.1 Å². The number of rotatable bonds is 7. The van der Waals surface area contributed by atoms with Crippen LogP contribution in [0.4, 0.5) is 14.7 Å². The maximum atomic E-state index is 14.3. The second-order valence-electron chi connectivity index (χ2n) is 9.44. The second-order valence-corrected chi connectivity index (χ2v) is 9.44. The van der Waals surface area contributed by atoms with Crippen molar-refractivity contribution in [3.05, 3.63) is 72.1 Å². The standard InChI is InChI=1S/C26H26F2N6O2/c1-16(35)34-13-21(14-34)33-24(36)18-5-2-4-17(8-18)19-11-30-25(31-12-19)32-15-26(9-20(27)10-26)23-22(28)6-3-7-29-23/h2-8,11-12,20-21H,9-10,13-15H2,1H3,(H,33,36)(H,30,31,32). The number of nitrogens with one attached hydrogen (secondary N) is 2. The monoisotopic (exact) mass is 492 g/mol. The third-order valence-corrected chi connectivity index (χ3v) is 6.84. The number of hydrogen-bond donors (Lipinski definition) is 2. The van der Waals surface area contributed by atoms with Crippen LogP contribution < -0.4 is 10.6 Å². The fraction of sp³-hybridized carbons (Fsp3) is 0.346. The molecule has 0 radical (unpaired) electrons. The van der Waals surface area contributed by atoms with E-state index in [9.17, 15) is 18.4 Å². The molecule has 5 rings (SSSR count). The normalized spacial score (nSPS) is 21.3. The zero-order valence-corrected chi connectivity index (χ0v) is 19.7. The summed E-state index contributed by atoms with van der Waals surface area (Å²) in [6.07, 6.45) is 4.17. The fourth-order valence-corrected chi connectivity index (χ4v) is 4.74. The maximum absolute atomic E-state index is 14.3. The van der Waals surface area contributed by atoms with Gasteiger partial charge >= 0.3 is 0 Å². The van der Waals surface area contributed by atoms with Gasteiger partial charge in [-0.2, -0.15) is 0 Å². The molecule has 1 aromatic carbocycles. The Bertz CT molecular complexity index is 1270. The molecule has 1 aliphatic heterocycles. The van der Waals surface area contributed by atoms with Gasteiger partial charge in [-0.15, -0.1) is 0 Å². The Balaban J connectivity index is 1.23. The minimum Gasteiger partial charge on any atom is -0.353 e. The van der Waals surface area contributed by atoms with Crippen molar-refractivity contribution in [2.24, 2.45) is 0 Å². The predicted molar refractivity (Wildman–Crippen MR) is 129 cm³/mol. The molecule has 1 saturated heterocycles. The molecule has 8 nitrogen and oxygen atoms in total. The van der Waals surface area contributed by atoms with Crippen LogP contribution in [0.5, 0.6) is 0 Å². The first kappa shape index (κ1) is 23.8. The number of amides is 2. The van der Waals surface area contributed by atoms with Crippen molar-refractivity contribution >= 4 is 17.8 Å². The van der Waals surface area contributed by atoms with Crippen molar-refractivity contribution in [1.29, 1.82) is 0 Å². The maximum Gasteiger partial charge on any atom is 0.251 e. The molecule has 2 aromatic heterocycles. The zero-order valence-electron chi connectivity index (χ0n) is 19.7. The first-order valence-electron chi connectivity index (χ1n) is 11.8.